The van der Waals surface area contributed by atoms with E-state index in [1.54, 1.807) is 6.92 Å². The van der Waals surface area contributed by atoms with Crippen LogP contribution >= 0.6 is 0 Å². The minimum Gasteiger partial charge on any atom is -0.356 e. The lowest BCUT2D eigenvalue weighted by Crippen LogP contribution is -2.23. The molecule has 0 amide bonds. The van der Waals surface area contributed by atoms with E-state index in [0.717, 1.165) is 0 Å². The van der Waals surface area contributed by atoms with Crippen molar-refractivity contribution in [3.05, 3.63) is 0 Å². The Kier molecular flexibility index (Phi) is 4.44. The molecule has 0 aliphatic heterocycles. The molecule has 11 heavy (non-hydrogen) atoms. The molecule has 0 heterocycles. The highest BCUT2D eigenvalue weighted by Crippen LogP contribution is 2.22. The SMILES string of the molecule is CCOC(CC(F)(F)F)OC. The van der Waals surface area contributed by atoms with E-state index >= 15 is 0 Å². The van der Waals surface area contributed by atoms with Crippen molar-refractivity contribution in [3.63, 3.8) is 0 Å². The first kappa shape index (κ1) is 10.7. The Balaban J connectivity index is 3.68. The lowest BCUT2D eigenvalue weighted by Gasteiger charge is -2.16. The van der Waals surface area contributed by atoms with Crippen molar-refractivity contribution in [2.24, 2.45) is 0 Å². The summed E-state index contributed by atoms with van der Waals surface area (Å²) in [6.45, 7) is 1.83. The molecule has 68 valence electrons. The van der Waals surface area contributed by atoms with Gasteiger partial charge in [0.05, 0.1) is 6.42 Å². The monoisotopic (exact) mass is 172 g/mol. The first-order chi connectivity index (χ1) is 4.99. The summed E-state index contributed by atoms with van der Waals surface area (Å²) >= 11 is 0. The van der Waals surface area contributed by atoms with E-state index < -0.39 is 18.9 Å². The van der Waals surface area contributed by atoms with Crippen molar-refractivity contribution in [3.8, 4) is 0 Å². The van der Waals surface area contributed by atoms with Gasteiger partial charge in [0.2, 0.25) is 0 Å². The number of rotatable bonds is 4. The Bertz CT molecular complexity index is 102. The van der Waals surface area contributed by atoms with Crippen molar-refractivity contribution >= 4 is 0 Å². The third kappa shape index (κ3) is 6.12. The van der Waals surface area contributed by atoms with Crippen LogP contribution in [-0.2, 0) is 9.47 Å². The fraction of sp³-hybridized carbons (Fsp3) is 1.00. The number of alkyl halides is 3. The zero-order valence-electron chi connectivity index (χ0n) is 6.44. The van der Waals surface area contributed by atoms with Gasteiger partial charge in [0, 0.05) is 13.7 Å². The Morgan fingerprint density at radius 3 is 2.18 bits per heavy atom. The van der Waals surface area contributed by atoms with Gasteiger partial charge in [-0.25, -0.2) is 0 Å². The van der Waals surface area contributed by atoms with Crippen LogP contribution in [0.5, 0.6) is 0 Å². The molecule has 0 N–H and O–H groups in total. The largest absolute Gasteiger partial charge is 0.393 e. The van der Waals surface area contributed by atoms with E-state index in [0.29, 0.717) is 0 Å². The summed E-state index contributed by atoms with van der Waals surface area (Å²) < 4.78 is 44.0. The third-order valence-corrected chi connectivity index (χ3v) is 1.01. The van der Waals surface area contributed by atoms with Gasteiger partial charge in [0.1, 0.15) is 0 Å². The highest BCUT2D eigenvalue weighted by atomic mass is 19.4. The van der Waals surface area contributed by atoms with Gasteiger partial charge in [-0.15, -0.1) is 0 Å². The summed E-state index contributed by atoms with van der Waals surface area (Å²) in [5.74, 6) is 0. The van der Waals surface area contributed by atoms with Gasteiger partial charge in [0.25, 0.3) is 0 Å². The van der Waals surface area contributed by atoms with Gasteiger partial charge in [-0.05, 0) is 6.92 Å². The van der Waals surface area contributed by atoms with Gasteiger partial charge in [0.15, 0.2) is 6.29 Å². The molecule has 0 radical (unpaired) electrons. The van der Waals surface area contributed by atoms with E-state index in [1.165, 1.54) is 7.11 Å². The van der Waals surface area contributed by atoms with Crippen molar-refractivity contribution in [1.82, 2.24) is 0 Å². The highest BCUT2D eigenvalue weighted by molar-refractivity contribution is 4.53. The molecule has 0 saturated carbocycles. The summed E-state index contributed by atoms with van der Waals surface area (Å²) in [5.41, 5.74) is 0. The lowest BCUT2D eigenvalue weighted by atomic mass is 10.4. The molecule has 0 bridgehead atoms. The lowest BCUT2D eigenvalue weighted by molar-refractivity contribution is -0.212. The number of ether oxygens (including phenoxy) is 2. The fourth-order valence-corrected chi connectivity index (χ4v) is 0.585. The van der Waals surface area contributed by atoms with E-state index in [-0.39, 0.29) is 6.61 Å². The zero-order valence-corrected chi connectivity index (χ0v) is 6.44. The van der Waals surface area contributed by atoms with Gasteiger partial charge < -0.3 is 9.47 Å². The molecule has 0 aromatic carbocycles. The predicted molar refractivity (Wildman–Crippen MR) is 33.1 cm³/mol. The summed E-state index contributed by atoms with van der Waals surface area (Å²) in [6.07, 6.45) is -6.45. The van der Waals surface area contributed by atoms with Crippen molar-refractivity contribution in [2.45, 2.75) is 25.8 Å². The summed E-state index contributed by atoms with van der Waals surface area (Å²) in [4.78, 5) is 0. The molecule has 2 nitrogen and oxygen atoms in total. The second-order valence-corrected chi connectivity index (χ2v) is 1.94. The Labute approximate surface area is 63.3 Å². The molecule has 0 saturated heterocycles. The molecule has 0 aliphatic rings. The molecule has 0 rings (SSSR count). The Hall–Kier alpha value is -0.290. The maximum absolute atomic E-state index is 11.7. The molecular weight excluding hydrogens is 161 g/mol. The predicted octanol–water partition coefficient (Wildman–Crippen LogP) is 1.95. The third-order valence-electron chi connectivity index (χ3n) is 1.01. The number of hydrogen-bond acceptors (Lipinski definition) is 2. The fourth-order valence-electron chi connectivity index (χ4n) is 0.585. The maximum atomic E-state index is 11.7. The summed E-state index contributed by atoms with van der Waals surface area (Å²) in [5, 5.41) is 0. The van der Waals surface area contributed by atoms with Crippen LogP contribution in [0.3, 0.4) is 0 Å². The van der Waals surface area contributed by atoms with Crippen LogP contribution in [0, 0.1) is 0 Å². The second kappa shape index (κ2) is 4.56. The van der Waals surface area contributed by atoms with Crippen LogP contribution in [0.25, 0.3) is 0 Å². The Morgan fingerprint density at radius 1 is 1.36 bits per heavy atom. The normalized spacial score (nSPS) is 15.0. The van der Waals surface area contributed by atoms with E-state index in [4.69, 9.17) is 0 Å². The van der Waals surface area contributed by atoms with E-state index in [9.17, 15) is 13.2 Å². The topological polar surface area (TPSA) is 18.5 Å². The standard InChI is InChI=1S/C6H11F3O2/c1-3-11-5(10-2)4-6(7,8)9/h5H,3-4H2,1-2H3. The molecular formula is C6H11F3O2. The van der Waals surface area contributed by atoms with Crippen LogP contribution in [0.4, 0.5) is 13.2 Å². The maximum Gasteiger partial charge on any atom is 0.393 e. The quantitative estimate of drug-likeness (QED) is 0.603. The van der Waals surface area contributed by atoms with Crippen LogP contribution in [-0.4, -0.2) is 26.2 Å². The molecule has 0 fully saturated rings. The van der Waals surface area contributed by atoms with Gasteiger partial charge in [-0.3, -0.25) is 0 Å². The van der Waals surface area contributed by atoms with Gasteiger partial charge in [-0.1, -0.05) is 0 Å². The zero-order chi connectivity index (χ0) is 8.91. The molecule has 1 unspecified atom stereocenters. The van der Waals surface area contributed by atoms with Crippen LogP contribution < -0.4 is 0 Å². The molecule has 5 heteroatoms. The molecule has 0 aromatic rings. The molecule has 0 spiro atoms. The Morgan fingerprint density at radius 2 is 1.91 bits per heavy atom. The first-order valence-electron chi connectivity index (χ1n) is 3.20. The van der Waals surface area contributed by atoms with Crippen molar-refractivity contribution in [1.29, 1.82) is 0 Å². The van der Waals surface area contributed by atoms with Crippen LogP contribution in [0.15, 0.2) is 0 Å². The minimum absolute atomic E-state index is 0.217. The van der Waals surface area contributed by atoms with E-state index in [1.807, 2.05) is 0 Å². The molecule has 1 atom stereocenters. The smallest absolute Gasteiger partial charge is 0.356 e. The first-order valence-corrected chi connectivity index (χ1v) is 3.20. The molecule has 0 aliphatic carbocycles. The van der Waals surface area contributed by atoms with Crippen LogP contribution in [0.2, 0.25) is 0 Å². The minimum atomic E-state index is -4.23. The second-order valence-electron chi connectivity index (χ2n) is 1.94. The number of halogens is 3. The van der Waals surface area contributed by atoms with E-state index in [2.05, 4.69) is 9.47 Å². The highest BCUT2D eigenvalue weighted by Gasteiger charge is 2.32. The van der Waals surface area contributed by atoms with Gasteiger partial charge in [-0.2, -0.15) is 13.2 Å². The summed E-state index contributed by atoms with van der Waals surface area (Å²) in [7, 11) is 1.19. The average molecular weight is 172 g/mol. The average Bonchev–Trinajstić information content (AvgIpc) is 1.84. The van der Waals surface area contributed by atoms with Crippen molar-refractivity contribution in [2.75, 3.05) is 13.7 Å². The molecule has 0 aromatic heterocycles. The van der Waals surface area contributed by atoms with Crippen LogP contribution in [0.1, 0.15) is 13.3 Å². The van der Waals surface area contributed by atoms with Gasteiger partial charge >= 0.3 is 6.18 Å². The number of methoxy groups -OCH3 is 1. The van der Waals surface area contributed by atoms with Crippen molar-refractivity contribution < 1.29 is 22.6 Å². The number of hydrogen-bond donors (Lipinski definition) is 0. The summed E-state index contributed by atoms with van der Waals surface area (Å²) in [6, 6.07) is 0.